The van der Waals surface area contributed by atoms with Crippen molar-refractivity contribution in [1.82, 2.24) is 5.32 Å². The number of carbonyl (C=O) groups is 2. The van der Waals surface area contributed by atoms with Crippen LogP contribution in [0.5, 0.6) is 0 Å². The van der Waals surface area contributed by atoms with Gasteiger partial charge in [0.2, 0.25) is 3.79 Å². The Bertz CT molecular complexity index is 470. The summed E-state index contributed by atoms with van der Waals surface area (Å²) in [5, 5.41) is 12.5. The van der Waals surface area contributed by atoms with E-state index in [1.54, 1.807) is 45.0 Å². The number of ether oxygens (including phenoxy) is 1. The number of aliphatic hydroxyl groups is 1. The number of hydrogen-bond acceptors (Lipinski definition) is 4. The summed E-state index contributed by atoms with van der Waals surface area (Å²) < 4.78 is 4.69. The van der Waals surface area contributed by atoms with Crippen LogP contribution in [0.1, 0.15) is 32.4 Å². The molecule has 1 amide bonds. The summed E-state index contributed by atoms with van der Waals surface area (Å²) in [5.74, 6) is 0. The van der Waals surface area contributed by atoms with Crippen molar-refractivity contribution in [2.75, 3.05) is 0 Å². The predicted molar refractivity (Wildman–Crippen MR) is 83.6 cm³/mol. The van der Waals surface area contributed by atoms with Gasteiger partial charge in [-0.25, -0.2) is 4.79 Å². The van der Waals surface area contributed by atoms with Gasteiger partial charge in [0.15, 0.2) is 0 Å². The molecule has 1 aromatic rings. The molecule has 0 aliphatic heterocycles. The smallest absolute Gasteiger partial charge is 0.408 e. The highest BCUT2D eigenvalue weighted by atomic mass is 127. The Morgan fingerprint density at radius 3 is 2.25 bits per heavy atom. The fraction of sp³-hybridized carbons (Fsp3) is 0.429. The molecule has 20 heavy (non-hydrogen) atoms. The lowest BCUT2D eigenvalue weighted by molar-refractivity contribution is -0.117. The third kappa shape index (κ3) is 5.46. The fourth-order valence-corrected chi connectivity index (χ4v) is 1.93. The van der Waals surface area contributed by atoms with Crippen LogP contribution < -0.4 is 5.32 Å². The zero-order valence-corrected chi connectivity index (χ0v) is 13.7. The van der Waals surface area contributed by atoms with Crippen molar-refractivity contribution in [2.45, 2.75) is 38.5 Å². The van der Waals surface area contributed by atoms with Crippen molar-refractivity contribution < 1.29 is 19.4 Å². The summed E-state index contributed by atoms with van der Waals surface area (Å²) in [4.78, 5) is 23.2. The van der Waals surface area contributed by atoms with Gasteiger partial charge in [0.05, 0.1) is 6.04 Å². The molecular formula is C14H18INO4. The minimum absolute atomic E-state index is 0.451. The zero-order valence-electron chi connectivity index (χ0n) is 11.6. The van der Waals surface area contributed by atoms with Gasteiger partial charge in [0.25, 0.3) is 0 Å². The number of halogens is 1. The van der Waals surface area contributed by atoms with Crippen molar-refractivity contribution in [1.29, 1.82) is 0 Å². The van der Waals surface area contributed by atoms with Gasteiger partial charge < -0.3 is 15.2 Å². The van der Waals surface area contributed by atoms with Crippen LogP contribution in [0, 0.1) is 0 Å². The van der Waals surface area contributed by atoms with E-state index in [4.69, 9.17) is 4.74 Å². The maximum atomic E-state index is 11.8. The van der Waals surface area contributed by atoms with E-state index >= 15 is 0 Å². The Labute approximate surface area is 131 Å². The monoisotopic (exact) mass is 391 g/mol. The molecule has 0 saturated heterocycles. The first kappa shape index (κ1) is 16.9. The third-order valence-corrected chi connectivity index (χ3v) is 3.02. The summed E-state index contributed by atoms with van der Waals surface area (Å²) in [5.41, 5.74) is -0.0131. The van der Waals surface area contributed by atoms with Gasteiger partial charge in [0.1, 0.15) is 11.7 Å². The molecule has 2 N–H and O–H groups in total. The summed E-state index contributed by atoms with van der Waals surface area (Å²) in [6.45, 7) is 5.22. The van der Waals surface area contributed by atoms with Crippen LogP contribution in [0.3, 0.4) is 0 Å². The Kier molecular flexibility index (Phi) is 5.94. The van der Waals surface area contributed by atoms with Crippen molar-refractivity contribution in [2.24, 2.45) is 0 Å². The molecule has 0 fully saturated rings. The normalized spacial score (nSPS) is 14.2. The van der Waals surface area contributed by atoms with Crippen LogP contribution in [-0.4, -0.2) is 26.7 Å². The number of alkyl carbamates (subject to hydrolysis) is 1. The van der Waals surface area contributed by atoms with Gasteiger partial charge in [-0.3, -0.25) is 4.79 Å². The number of nitrogens with one attached hydrogen (secondary N) is 1. The number of aliphatic hydroxyl groups excluding tert-OH is 1. The van der Waals surface area contributed by atoms with E-state index < -0.39 is 27.6 Å². The minimum atomic E-state index is -1.33. The van der Waals surface area contributed by atoms with Crippen molar-refractivity contribution in [3.63, 3.8) is 0 Å². The molecule has 0 aromatic heterocycles. The van der Waals surface area contributed by atoms with Gasteiger partial charge in [-0.05, 0) is 26.3 Å². The van der Waals surface area contributed by atoms with E-state index in [1.165, 1.54) is 22.6 Å². The summed E-state index contributed by atoms with van der Waals surface area (Å²) in [6.07, 6.45) is -2.01. The zero-order chi connectivity index (χ0) is 15.3. The molecule has 0 spiro atoms. The number of hydrogen-bond donors (Lipinski definition) is 2. The summed E-state index contributed by atoms with van der Waals surface area (Å²) >= 11 is 1.50. The van der Waals surface area contributed by atoms with Crippen molar-refractivity contribution in [3.05, 3.63) is 35.9 Å². The molecule has 0 aliphatic rings. The molecule has 0 heterocycles. The molecular weight excluding hydrogens is 373 g/mol. The molecule has 0 aliphatic carbocycles. The molecule has 110 valence electrons. The van der Waals surface area contributed by atoms with E-state index in [2.05, 4.69) is 5.32 Å². The lowest BCUT2D eigenvalue weighted by Crippen LogP contribution is -2.41. The van der Waals surface area contributed by atoms with Crippen molar-refractivity contribution >= 4 is 32.5 Å². The van der Waals surface area contributed by atoms with E-state index in [0.29, 0.717) is 5.56 Å². The average Bonchev–Trinajstić information content (AvgIpc) is 2.34. The first-order valence-electron chi connectivity index (χ1n) is 6.12. The molecule has 0 bridgehead atoms. The van der Waals surface area contributed by atoms with Gasteiger partial charge >= 0.3 is 6.09 Å². The maximum Gasteiger partial charge on any atom is 0.408 e. The molecule has 0 saturated carbocycles. The van der Waals surface area contributed by atoms with Gasteiger partial charge in [-0.2, -0.15) is 0 Å². The van der Waals surface area contributed by atoms with E-state index in [0.717, 1.165) is 0 Å². The SMILES string of the molecule is CC(C)(C)OC(=O)N[C@@H](c1ccccc1)[C@@H](O)C(=O)I. The highest BCUT2D eigenvalue weighted by molar-refractivity contribution is 14.1. The van der Waals surface area contributed by atoms with Gasteiger partial charge in [-0.1, -0.05) is 30.3 Å². The maximum absolute atomic E-state index is 11.8. The van der Waals surface area contributed by atoms with Gasteiger partial charge in [-0.15, -0.1) is 0 Å². The van der Waals surface area contributed by atoms with Gasteiger partial charge in [0, 0.05) is 22.6 Å². The Hall–Kier alpha value is -1.15. The largest absolute Gasteiger partial charge is 0.444 e. The predicted octanol–water partition coefficient (Wildman–Crippen LogP) is 2.57. The molecule has 5 nitrogen and oxygen atoms in total. The lowest BCUT2D eigenvalue weighted by Gasteiger charge is -2.25. The van der Waals surface area contributed by atoms with Crippen LogP contribution in [-0.2, 0) is 9.53 Å². The molecule has 1 rings (SSSR count). The standard InChI is InChI=1S/C14H18INO4/c1-14(2,3)20-13(19)16-10(11(17)12(15)18)9-7-5-4-6-8-9/h4-8,10-11,17H,1-3H3,(H,16,19)/t10-,11+/m0/s1. The van der Waals surface area contributed by atoms with E-state index in [1.807, 2.05) is 6.07 Å². The van der Waals surface area contributed by atoms with Crippen LogP contribution in [0.4, 0.5) is 4.79 Å². The minimum Gasteiger partial charge on any atom is -0.444 e. The highest BCUT2D eigenvalue weighted by Gasteiger charge is 2.29. The Morgan fingerprint density at radius 2 is 1.80 bits per heavy atom. The fourth-order valence-electron chi connectivity index (χ4n) is 1.57. The van der Waals surface area contributed by atoms with Crippen LogP contribution >= 0.6 is 22.6 Å². The second-order valence-electron chi connectivity index (χ2n) is 5.28. The summed E-state index contributed by atoms with van der Waals surface area (Å²) in [7, 11) is 0. The average molecular weight is 391 g/mol. The summed E-state index contributed by atoms with van der Waals surface area (Å²) in [6, 6.07) is 7.96. The van der Waals surface area contributed by atoms with E-state index in [-0.39, 0.29) is 0 Å². The first-order chi connectivity index (χ1) is 9.20. The molecule has 2 atom stereocenters. The van der Waals surface area contributed by atoms with E-state index in [9.17, 15) is 14.7 Å². The number of rotatable bonds is 4. The first-order valence-corrected chi connectivity index (χ1v) is 7.20. The quantitative estimate of drug-likeness (QED) is 0.611. The van der Waals surface area contributed by atoms with Crippen molar-refractivity contribution in [3.8, 4) is 0 Å². The number of amides is 1. The van der Waals surface area contributed by atoms with Crippen LogP contribution in [0.25, 0.3) is 0 Å². The second-order valence-corrected chi connectivity index (χ2v) is 6.35. The Morgan fingerprint density at radius 1 is 1.25 bits per heavy atom. The van der Waals surface area contributed by atoms with Crippen LogP contribution in [0.2, 0.25) is 0 Å². The number of benzene rings is 1. The molecule has 0 radical (unpaired) electrons. The van der Waals surface area contributed by atoms with Crippen LogP contribution in [0.15, 0.2) is 30.3 Å². The second kappa shape index (κ2) is 7.03. The highest BCUT2D eigenvalue weighted by Crippen LogP contribution is 2.20. The number of carbonyl (C=O) groups excluding carboxylic acids is 2. The Balaban J connectivity index is 2.90. The lowest BCUT2D eigenvalue weighted by atomic mass is 10.0. The molecule has 6 heteroatoms. The molecule has 0 unspecified atom stereocenters. The topological polar surface area (TPSA) is 75.6 Å². The third-order valence-electron chi connectivity index (χ3n) is 2.38. The molecule has 1 aromatic carbocycles.